The molecule has 0 bridgehead atoms. The van der Waals surface area contributed by atoms with Crippen LogP contribution in [0.1, 0.15) is 27.7 Å². The summed E-state index contributed by atoms with van der Waals surface area (Å²) >= 11 is 1.47. The van der Waals surface area contributed by atoms with Crippen LogP contribution in [0.5, 0.6) is 0 Å². The summed E-state index contributed by atoms with van der Waals surface area (Å²) in [6, 6.07) is 18.3. The van der Waals surface area contributed by atoms with Gasteiger partial charge in [-0.25, -0.2) is 0 Å². The van der Waals surface area contributed by atoms with Gasteiger partial charge in [0.25, 0.3) is 5.91 Å². The predicted octanol–water partition coefficient (Wildman–Crippen LogP) is 5.54. The fraction of sp³-hybridized carbons (Fsp3) is 0.150. The van der Waals surface area contributed by atoms with E-state index in [9.17, 15) is 4.79 Å². The highest BCUT2D eigenvalue weighted by Crippen LogP contribution is 2.29. The van der Waals surface area contributed by atoms with E-state index in [4.69, 9.17) is 0 Å². The van der Waals surface area contributed by atoms with Crippen LogP contribution in [-0.4, -0.2) is 5.91 Å². The molecule has 116 valence electrons. The Bertz CT molecular complexity index is 818. The zero-order valence-corrected chi connectivity index (χ0v) is 14.1. The van der Waals surface area contributed by atoms with Gasteiger partial charge in [0.1, 0.15) is 0 Å². The van der Waals surface area contributed by atoms with E-state index in [1.165, 1.54) is 22.5 Å². The number of rotatable bonds is 4. The van der Waals surface area contributed by atoms with Crippen molar-refractivity contribution in [2.24, 2.45) is 0 Å². The van der Waals surface area contributed by atoms with Gasteiger partial charge >= 0.3 is 0 Å². The summed E-state index contributed by atoms with van der Waals surface area (Å²) in [5.41, 5.74) is 5.33. The van der Waals surface area contributed by atoms with E-state index in [-0.39, 0.29) is 5.91 Å². The number of thiophene rings is 1. The lowest BCUT2D eigenvalue weighted by Crippen LogP contribution is -2.11. The van der Waals surface area contributed by atoms with Crippen LogP contribution in [0.3, 0.4) is 0 Å². The topological polar surface area (TPSA) is 29.1 Å². The Morgan fingerprint density at radius 2 is 1.87 bits per heavy atom. The number of amides is 1. The van der Waals surface area contributed by atoms with E-state index in [1.807, 2.05) is 29.6 Å². The lowest BCUT2D eigenvalue weighted by atomic mass is 10.0. The van der Waals surface area contributed by atoms with Gasteiger partial charge in [-0.15, -0.1) is 11.3 Å². The lowest BCUT2D eigenvalue weighted by Gasteiger charge is -2.08. The molecule has 3 rings (SSSR count). The maximum Gasteiger partial charge on any atom is 0.266 e. The first kappa shape index (κ1) is 15.5. The molecule has 0 saturated heterocycles. The maximum atomic E-state index is 12.6. The van der Waals surface area contributed by atoms with Crippen molar-refractivity contribution in [3.05, 3.63) is 76.0 Å². The number of carbonyl (C=O) groups excluding carboxylic acids is 1. The van der Waals surface area contributed by atoms with Crippen LogP contribution in [0.2, 0.25) is 0 Å². The zero-order valence-electron chi connectivity index (χ0n) is 13.3. The molecule has 0 spiro atoms. The van der Waals surface area contributed by atoms with Crippen LogP contribution >= 0.6 is 11.3 Å². The molecule has 23 heavy (non-hydrogen) atoms. The Hall–Kier alpha value is -2.39. The number of hydrogen-bond acceptors (Lipinski definition) is 2. The summed E-state index contributed by atoms with van der Waals surface area (Å²) < 4.78 is 0. The monoisotopic (exact) mass is 321 g/mol. The van der Waals surface area contributed by atoms with Gasteiger partial charge in [-0.1, -0.05) is 48.9 Å². The highest BCUT2D eigenvalue weighted by Gasteiger charge is 2.14. The Morgan fingerprint density at radius 1 is 1.09 bits per heavy atom. The lowest BCUT2D eigenvalue weighted by molar-refractivity contribution is 0.103. The van der Waals surface area contributed by atoms with Crippen molar-refractivity contribution < 1.29 is 4.79 Å². The molecule has 1 N–H and O–H groups in total. The quantitative estimate of drug-likeness (QED) is 0.672. The van der Waals surface area contributed by atoms with Crippen LogP contribution in [0.15, 0.2) is 60.0 Å². The highest BCUT2D eigenvalue weighted by atomic mass is 32.1. The minimum Gasteiger partial charge on any atom is -0.321 e. The number of benzene rings is 2. The van der Waals surface area contributed by atoms with Gasteiger partial charge in [0, 0.05) is 11.3 Å². The average molecular weight is 321 g/mol. The number of aryl methyl sites for hydroxylation is 2. The smallest absolute Gasteiger partial charge is 0.266 e. The Labute approximate surface area is 140 Å². The number of hydrogen-bond donors (Lipinski definition) is 1. The minimum atomic E-state index is -0.0520. The van der Waals surface area contributed by atoms with Crippen molar-refractivity contribution >= 4 is 22.9 Å². The Balaban J connectivity index is 1.86. The van der Waals surface area contributed by atoms with Gasteiger partial charge in [-0.3, -0.25) is 4.79 Å². The molecule has 0 atom stereocenters. The summed E-state index contributed by atoms with van der Waals surface area (Å²) in [5.74, 6) is -0.0520. The third kappa shape index (κ3) is 3.51. The summed E-state index contributed by atoms with van der Waals surface area (Å²) in [6.45, 7) is 4.17. The van der Waals surface area contributed by atoms with E-state index >= 15 is 0 Å². The Morgan fingerprint density at radius 3 is 2.61 bits per heavy atom. The molecule has 1 heterocycles. The molecule has 0 unspecified atom stereocenters. The molecule has 0 fully saturated rings. The summed E-state index contributed by atoms with van der Waals surface area (Å²) in [7, 11) is 0. The van der Waals surface area contributed by atoms with Gasteiger partial charge in [0.2, 0.25) is 0 Å². The molecule has 3 heteroatoms. The van der Waals surface area contributed by atoms with Crippen molar-refractivity contribution in [2.45, 2.75) is 20.3 Å². The average Bonchev–Trinajstić information content (AvgIpc) is 3.05. The molecular weight excluding hydrogens is 302 g/mol. The summed E-state index contributed by atoms with van der Waals surface area (Å²) in [6.07, 6.45) is 0.956. The largest absolute Gasteiger partial charge is 0.321 e. The molecule has 2 aromatic carbocycles. The van der Waals surface area contributed by atoms with Crippen molar-refractivity contribution in [2.75, 3.05) is 5.32 Å². The van der Waals surface area contributed by atoms with Crippen LogP contribution in [0.25, 0.3) is 11.1 Å². The normalized spacial score (nSPS) is 10.5. The molecule has 1 aromatic heterocycles. The molecular formula is C20H19NOS. The fourth-order valence-corrected chi connectivity index (χ4v) is 3.31. The third-order valence-corrected chi connectivity index (χ3v) is 4.74. The van der Waals surface area contributed by atoms with Crippen LogP contribution < -0.4 is 5.32 Å². The van der Waals surface area contributed by atoms with Crippen molar-refractivity contribution in [1.82, 2.24) is 0 Å². The first-order chi connectivity index (χ1) is 11.2. The first-order valence-electron chi connectivity index (χ1n) is 7.72. The van der Waals surface area contributed by atoms with Gasteiger partial charge in [0.15, 0.2) is 0 Å². The van der Waals surface area contributed by atoms with Gasteiger partial charge < -0.3 is 5.32 Å². The van der Waals surface area contributed by atoms with Crippen LogP contribution in [-0.2, 0) is 6.42 Å². The second-order valence-corrected chi connectivity index (χ2v) is 6.45. The van der Waals surface area contributed by atoms with E-state index in [2.05, 4.69) is 49.5 Å². The predicted molar refractivity (Wildman–Crippen MR) is 98.3 cm³/mol. The molecule has 0 aliphatic heterocycles. The number of nitrogens with one attached hydrogen (secondary N) is 1. The molecule has 0 radical (unpaired) electrons. The third-order valence-electron chi connectivity index (χ3n) is 3.83. The molecule has 2 nitrogen and oxygen atoms in total. The molecule has 3 aromatic rings. The standard InChI is InChI=1S/C20H19NOS/c1-3-15-5-4-6-17(13-15)21-20(22)19-18(11-12-23-19)16-9-7-14(2)8-10-16/h4-13H,3H2,1-2H3,(H,21,22). The van der Waals surface area contributed by atoms with E-state index in [1.54, 1.807) is 0 Å². The molecule has 0 aliphatic rings. The van der Waals surface area contributed by atoms with Crippen molar-refractivity contribution in [3.63, 3.8) is 0 Å². The maximum absolute atomic E-state index is 12.6. The fourth-order valence-electron chi connectivity index (χ4n) is 2.50. The summed E-state index contributed by atoms with van der Waals surface area (Å²) in [5, 5.41) is 4.98. The van der Waals surface area contributed by atoms with E-state index < -0.39 is 0 Å². The SMILES string of the molecule is CCc1cccc(NC(=O)c2sccc2-c2ccc(C)cc2)c1. The van der Waals surface area contributed by atoms with Gasteiger partial charge in [0.05, 0.1) is 4.88 Å². The van der Waals surface area contributed by atoms with Crippen molar-refractivity contribution in [3.8, 4) is 11.1 Å². The van der Waals surface area contributed by atoms with Gasteiger partial charge in [-0.05, 0) is 48.1 Å². The zero-order chi connectivity index (χ0) is 16.2. The number of carbonyl (C=O) groups is 1. The minimum absolute atomic E-state index is 0.0520. The van der Waals surface area contributed by atoms with E-state index in [0.29, 0.717) is 0 Å². The van der Waals surface area contributed by atoms with Crippen molar-refractivity contribution in [1.29, 1.82) is 0 Å². The van der Waals surface area contributed by atoms with Crippen LogP contribution in [0.4, 0.5) is 5.69 Å². The molecule has 1 amide bonds. The highest BCUT2D eigenvalue weighted by molar-refractivity contribution is 7.12. The second-order valence-electron chi connectivity index (χ2n) is 5.54. The Kier molecular flexibility index (Phi) is 4.58. The van der Waals surface area contributed by atoms with E-state index in [0.717, 1.165) is 28.1 Å². The number of anilines is 1. The molecule has 0 saturated carbocycles. The summed E-state index contributed by atoms with van der Waals surface area (Å²) in [4.78, 5) is 13.4. The second kappa shape index (κ2) is 6.80. The molecule has 0 aliphatic carbocycles. The first-order valence-corrected chi connectivity index (χ1v) is 8.60. The van der Waals surface area contributed by atoms with Gasteiger partial charge in [-0.2, -0.15) is 0 Å². The van der Waals surface area contributed by atoms with Crippen LogP contribution in [0, 0.1) is 6.92 Å².